The van der Waals surface area contributed by atoms with Crippen LogP contribution >= 0.6 is 31.9 Å². The largest absolute Gasteiger partial charge is 0.0651 e. The third-order valence-corrected chi connectivity index (χ3v) is 3.73. The van der Waals surface area contributed by atoms with Crippen LogP contribution in [-0.2, 0) is 12.8 Å². The molecule has 0 radical (unpaired) electrons. The second-order valence-electron chi connectivity index (χ2n) is 3.54. The molecule has 2 heteroatoms. The third kappa shape index (κ3) is 3.09. The number of halogens is 2. The molecule has 0 heterocycles. The van der Waals surface area contributed by atoms with E-state index in [9.17, 15) is 0 Å². The van der Waals surface area contributed by atoms with Crippen molar-refractivity contribution in [2.45, 2.75) is 39.5 Å². The summed E-state index contributed by atoms with van der Waals surface area (Å²) in [7, 11) is 0. The number of rotatable bonds is 4. The molecule has 0 unspecified atom stereocenters. The summed E-state index contributed by atoms with van der Waals surface area (Å²) in [5, 5.41) is 0. The first-order valence-corrected chi connectivity index (χ1v) is 6.74. The molecule has 0 aromatic heterocycles. The van der Waals surface area contributed by atoms with Crippen molar-refractivity contribution in [3.05, 3.63) is 32.2 Å². The maximum absolute atomic E-state index is 3.60. The summed E-state index contributed by atoms with van der Waals surface area (Å²) in [6.07, 6.45) is 4.72. The zero-order valence-electron chi connectivity index (χ0n) is 8.74. The highest BCUT2D eigenvalue weighted by atomic mass is 79.9. The monoisotopic (exact) mass is 318 g/mol. The zero-order valence-corrected chi connectivity index (χ0v) is 11.9. The molecule has 1 rings (SSSR count). The van der Waals surface area contributed by atoms with Crippen molar-refractivity contribution >= 4 is 31.9 Å². The van der Waals surface area contributed by atoms with Gasteiger partial charge in [0.2, 0.25) is 0 Å². The lowest BCUT2D eigenvalue weighted by Crippen LogP contribution is -1.92. The molecule has 1 aromatic rings. The van der Waals surface area contributed by atoms with Gasteiger partial charge in [-0.15, -0.1) is 0 Å². The van der Waals surface area contributed by atoms with Gasteiger partial charge in [0.05, 0.1) is 0 Å². The lowest BCUT2D eigenvalue weighted by Gasteiger charge is -2.09. The van der Waals surface area contributed by atoms with Gasteiger partial charge in [-0.2, -0.15) is 0 Å². The van der Waals surface area contributed by atoms with E-state index in [1.54, 1.807) is 0 Å². The van der Waals surface area contributed by atoms with E-state index in [2.05, 4.69) is 57.8 Å². The van der Waals surface area contributed by atoms with E-state index >= 15 is 0 Å². The maximum Gasteiger partial charge on any atom is 0.0218 e. The van der Waals surface area contributed by atoms with Gasteiger partial charge < -0.3 is 0 Å². The fourth-order valence-corrected chi connectivity index (χ4v) is 2.96. The van der Waals surface area contributed by atoms with Gasteiger partial charge in [0.15, 0.2) is 0 Å². The van der Waals surface area contributed by atoms with Gasteiger partial charge in [-0.3, -0.25) is 0 Å². The number of aryl methyl sites for hydroxylation is 2. The minimum absolute atomic E-state index is 1.16. The van der Waals surface area contributed by atoms with Crippen LogP contribution in [0.2, 0.25) is 0 Å². The highest BCUT2D eigenvalue weighted by molar-refractivity contribution is 9.11. The van der Waals surface area contributed by atoms with Crippen LogP contribution in [0, 0.1) is 0 Å². The molecule has 0 saturated heterocycles. The summed E-state index contributed by atoms with van der Waals surface area (Å²) in [6.45, 7) is 4.43. The average Bonchev–Trinajstić information content (AvgIpc) is 2.14. The van der Waals surface area contributed by atoms with Crippen LogP contribution < -0.4 is 0 Å². The van der Waals surface area contributed by atoms with Crippen molar-refractivity contribution in [2.75, 3.05) is 0 Å². The summed E-state index contributed by atoms with van der Waals surface area (Å²) < 4.78 is 2.46. The minimum Gasteiger partial charge on any atom is -0.0651 e. The van der Waals surface area contributed by atoms with Gasteiger partial charge in [0.1, 0.15) is 0 Å². The first kappa shape index (κ1) is 12.3. The molecule has 0 aliphatic rings. The van der Waals surface area contributed by atoms with Crippen LogP contribution in [0.4, 0.5) is 0 Å². The van der Waals surface area contributed by atoms with Gasteiger partial charge >= 0.3 is 0 Å². The molecule has 0 fully saturated rings. The van der Waals surface area contributed by atoms with Crippen molar-refractivity contribution in [1.82, 2.24) is 0 Å². The molecule has 0 saturated carbocycles. The summed E-state index contributed by atoms with van der Waals surface area (Å²) in [4.78, 5) is 0. The molecule has 0 bridgehead atoms. The topological polar surface area (TPSA) is 0 Å². The van der Waals surface area contributed by atoms with Crippen LogP contribution in [0.15, 0.2) is 21.1 Å². The van der Waals surface area contributed by atoms with Gasteiger partial charge in [0, 0.05) is 8.95 Å². The Morgan fingerprint density at radius 3 is 1.64 bits per heavy atom. The van der Waals surface area contributed by atoms with E-state index in [4.69, 9.17) is 0 Å². The highest BCUT2D eigenvalue weighted by Gasteiger charge is 2.05. The smallest absolute Gasteiger partial charge is 0.0218 e. The van der Waals surface area contributed by atoms with Crippen molar-refractivity contribution < 1.29 is 0 Å². The van der Waals surface area contributed by atoms with Gasteiger partial charge in [-0.25, -0.2) is 0 Å². The Kier molecular flexibility index (Phi) is 5.18. The Morgan fingerprint density at radius 2 is 1.29 bits per heavy atom. The lowest BCUT2D eigenvalue weighted by molar-refractivity contribution is 0.888. The van der Waals surface area contributed by atoms with E-state index in [1.165, 1.54) is 32.9 Å². The highest BCUT2D eigenvalue weighted by Crippen LogP contribution is 2.27. The minimum atomic E-state index is 1.16. The van der Waals surface area contributed by atoms with E-state index in [-0.39, 0.29) is 0 Å². The first-order valence-electron chi connectivity index (χ1n) is 5.15. The van der Waals surface area contributed by atoms with E-state index in [0.717, 1.165) is 12.8 Å². The van der Waals surface area contributed by atoms with Crippen molar-refractivity contribution in [2.24, 2.45) is 0 Å². The van der Waals surface area contributed by atoms with Crippen LogP contribution in [0.3, 0.4) is 0 Å². The molecule has 0 atom stereocenters. The Balaban J connectivity index is 3.00. The van der Waals surface area contributed by atoms with Crippen molar-refractivity contribution in [3.8, 4) is 0 Å². The zero-order chi connectivity index (χ0) is 10.6. The molecule has 0 amide bonds. The molecule has 0 spiro atoms. The lowest BCUT2D eigenvalue weighted by atomic mass is 10.0. The Labute approximate surface area is 103 Å². The summed E-state index contributed by atoms with van der Waals surface area (Å²) in [6, 6.07) is 4.50. The Bertz CT molecular complexity index is 278. The van der Waals surface area contributed by atoms with E-state index in [0.29, 0.717) is 0 Å². The predicted molar refractivity (Wildman–Crippen MR) is 69.8 cm³/mol. The SMILES string of the molecule is CCCc1cc(CCC)c(Br)cc1Br. The summed E-state index contributed by atoms with van der Waals surface area (Å²) >= 11 is 7.21. The van der Waals surface area contributed by atoms with Gasteiger partial charge in [-0.1, -0.05) is 64.6 Å². The molecule has 1 aromatic carbocycles. The molecule has 78 valence electrons. The Morgan fingerprint density at radius 1 is 0.857 bits per heavy atom. The molecule has 0 N–H and O–H groups in total. The molecule has 14 heavy (non-hydrogen) atoms. The fraction of sp³-hybridized carbons (Fsp3) is 0.500. The molecule has 0 aliphatic heterocycles. The van der Waals surface area contributed by atoms with Gasteiger partial charge in [-0.05, 0) is 30.0 Å². The summed E-state index contributed by atoms with van der Waals surface area (Å²) in [5.74, 6) is 0. The normalized spacial score (nSPS) is 10.6. The van der Waals surface area contributed by atoms with Crippen LogP contribution in [0.5, 0.6) is 0 Å². The standard InChI is InChI=1S/C12H16Br2/c1-3-5-9-7-10(6-4-2)12(14)8-11(9)13/h7-8H,3-6H2,1-2H3. The van der Waals surface area contributed by atoms with E-state index < -0.39 is 0 Å². The second-order valence-corrected chi connectivity index (χ2v) is 5.24. The molecule has 0 nitrogen and oxygen atoms in total. The maximum atomic E-state index is 3.60. The van der Waals surface area contributed by atoms with Crippen LogP contribution in [-0.4, -0.2) is 0 Å². The number of benzene rings is 1. The van der Waals surface area contributed by atoms with Crippen molar-refractivity contribution in [1.29, 1.82) is 0 Å². The van der Waals surface area contributed by atoms with Crippen molar-refractivity contribution in [3.63, 3.8) is 0 Å². The Hall–Kier alpha value is 0.180. The quantitative estimate of drug-likeness (QED) is 0.722. The van der Waals surface area contributed by atoms with Gasteiger partial charge in [0.25, 0.3) is 0 Å². The fourth-order valence-electron chi connectivity index (χ4n) is 1.57. The van der Waals surface area contributed by atoms with Crippen LogP contribution in [0.25, 0.3) is 0 Å². The molecular weight excluding hydrogens is 304 g/mol. The average molecular weight is 320 g/mol. The number of hydrogen-bond acceptors (Lipinski definition) is 0. The first-order chi connectivity index (χ1) is 6.69. The predicted octanol–water partition coefficient (Wildman–Crippen LogP) is 5.12. The molecule has 0 aliphatic carbocycles. The van der Waals surface area contributed by atoms with E-state index in [1.807, 2.05) is 0 Å². The summed E-state index contributed by atoms with van der Waals surface area (Å²) in [5.41, 5.74) is 2.86. The second kappa shape index (κ2) is 5.92. The van der Waals surface area contributed by atoms with Crippen LogP contribution in [0.1, 0.15) is 37.8 Å². The number of hydrogen-bond donors (Lipinski definition) is 0. The molecular formula is C12H16Br2. The third-order valence-electron chi connectivity index (χ3n) is 2.25.